The third-order valence-electron chi connectivity index (χ3n) is 7.37. The van der Waals surface area contributed by atoms with Gasteiger partial charge in [0.25, 0.3) is 11.1 Å². The Balaban J connectivity index is 1.50. The molecule has 0 N–H and O–H groups in total. The van der Waals surface area contributed by atoms with Crippen molar-refractivity contribution in [2.24, 2.45) is 14.1 Å². The molecule has 1 saturated carbocycles. The smallest absolute Gasteiger partial charge is 0.273 e. The lowest BCUT2D eigenvalue weighted by molar-refractivity contribution is -0.0174. The Morgan fingerprint density at radius 3 is 2.46 bits per heavy atom. The Morgan fingerprint density at radius 1 is 0.973 bits per heavy atom. The van der Waals surface area contributed by atoms with Crippen molar-refractivity contribution in [3.8, 4) is 11.1 Å². The summed E-state index contributed by atoms with van der Waals surface area (Å²) in [5, 5.41) is 4.77. The number of rotatable bonds is 4. The molecule has 6 rings (SSSR count). The topological polar surface area (TPSA) is 74.3 Å². The van der Waals surface area contributed by atoms with Gasteiger partial charge < -0.3 is 9.64 Å². The van der Waals surface area contributed by atoms with Crippen LogP contribution in [0.3, 0.4) is 0 Å². The quantitative estimate of drug-likeness (QED) is 0.421. The molecule has 0 radical (unpaired) electrons. The molecule has 37 heavy (non-hydrogen) atoms. The number of hydrogen-bond donors (Lipinski definition) is 0. The number of anilines is 1. The monoisotopic (exact) mass is 507 g/mol. The van der Waals surface area contributed by atoms with Crippen molar-refractivity contribution in [1.29, 1.82) is 0 Å². The molecule has 2 aromatic heterocycles. The molecule has 2 atom stereocenters. The predicted molar refractivity (Wildman–Crippen MR) is 136 cm³/mol. The van der Waals surface area contributed by atoms with Crippen molar-refractivity contribution in [2.45, 2.75) is 38.0 Å². The second-order valence-corrected chi connectivity index (χ2v) is 10.0. The van der Waals surface area contributed by atoms with Crippen LogP contribution in [0.15, 0.2) is 52.3 Å². The molecule has 1 aliphatic carbocycles. The number of morpholine rings is 1. The summed E-state index contributed by atoms with van der Waals surface area (Å²) in [6.07, 6.45) is 5.74. The van der Waals surface area contributed by atoms with E-state index in [0.717, 1.165) is 30.5 Å². The van der Waals surface area contributed by atoms with Gasteiger partial charge in [0.1, 0.15) is 17.7 Å². The van der Waals surface area contributed by atoms with E-state index in [1.54, 1.807) is 12.1 Å². The molecular weight excluding hydrogens is 480 g/mol. The van der Waals surface area contributed by atoms with Crippen molar-refractivity contribution >= 4 is 16.5 Å². The lowest BCUT2D eigenvalue weighted by Gasteiger charge is -2.38. The fraction of sp³-hybridized carbons (Fsp3) is 0.370. The van der Waals surface area contributed by atoms with E-state index in [9.17, 15) is 18.4 Å². The molecule has 2 aliphatic rings. The van der Waals surface area contributed by atoms with Crippen molar-refractivity contribution in [2.75, 3.05) is 18.0 Å². The van der Waals surface area contributed by atoms with Crippen LogP contribution in [-0.4, -0.2) is 38.3 Å². The highest BCUT2D eigenvalue weighted by Crippen LogP contribution is 2.37. The van der Waals surface area contributed by atoms with Gasteiger partial charge in [-0.2, -0.15) is 5.10 Å². The Kier molecular flexibility index (Phi) is 5.52. The fourth-order valence-electron chi connectivity index (χ4n) is 5.14. The van der Waals surface area contributed by atoms with Gasteiger partial charge in [-0.25, -0.2) is 8.78 Å². The van der Waals surface area contributed by atoms with E-state index in [1.807, 2.05) is 24.0 Å². The van der Waals surface area contributed by atoms with Crippen LogP contribution in [0.4, 0.5) is 14.5 Å². The number of nitrogens with zero attached hydrogens (tertiary/aromatic N) is 5. The Labute approximate surface area is 211 Å². The van der Waals surface area contributed by atoms with Gasteiger partial charge in [0.15, 0.2) is 0 Å². The minimum atomic E-state index is -0.804. The van der Waals surface area contributed by atoms with Gasteiger partial charge >= 0.3 is 0 Å². The van der Waals surface area contributed by atoms with Crippen LogP contribution in [-0.2, 0) is 18.8 Å². The zero-order chi connectivity index (χ0) is 26.0. The Hall–Kier alpha value is -3.79. The highest BCUT2D eigenvalue weighted by atomic mass is 19.1. The zero-order valence-corrected chi connectivity index (χ0v) is 20.8. The molecule has 1 saturated heterocycles. The summed E-state index contributed by atoms with van der Waals surface area (Å²) in [4.78, 5) is 28.6. The number of benzene rings is 2. The van der Waals surface area contributed by atoms with Crippen molar-refractivity contribution in [3.63, 3.8) is 0 Å². The largest absolute Gasteiger partial charge is 0.367 e. The molecule has 8 nitrogen and oxygen atoms in total. The first-order valence-corrected chi connectivity index (χ1v) is 12.3. The summed E-state index contributed by atoms with van der Waals surface area (Å²) in [5.74, 6) is -1.52. The van der Waals surface area contributed by atoms with E-state index in [0.29, 0.717) is 24.8 Å². The van der Waals surface area contributed by atoms with Crippen LogP contribution in [0.2, 0.25) is 0 Å². The van der Waals surface area contributed by atoms with E-state index >= 15 is 0 Å². The molecule has 0 amide bonds. The minimum Gasteiger partial charge on any atom is -0.367 e. The first-order chi connectivity index (χ1) is 17.7. The Morgan fingerprint density at radius 2 is 1.73 bits per heavy atom. The molecule has 3 heterocycles. The van der Waals surface area contributed by atoms with Gasteiger partial charge in [-0.3, -0.25) is 23.6 Å². The van der Waals surface area contributed by atoms with Crippen LogP contribution in [0.5, 0.6) is 0 Å². The predicted octanol–water partition coefficient (Wildman–Crippen LogP) is 3.68. The van der Waals surface area contributed by atoms with Gasteiger partial charge in [-0.1, -0.05) is 0 Å². The summed E-state index contributed by atoms with van der Waals surface area (Å²) in [6.45, 7) is 3.00. The van der Waals surface area contributed by atoms with Crippen molar-refractivity contribution in [1.82, 2.24) is 19.1 Å². The summed E-state index contributed by atoms with van der Waals surface area (Å²) >= 11 is 0. The van der Waals surface area contributed by atoms with Gasteiger partial charge in [-0.15, -0.1) is 0 Å². The van der Waals surface area contributed by atoms with Crippen LogP contribution in [0.1, 0.15) is 37.5 Å². The third kappa shape index (κ3) is 4.05. The number of aromatic nitrogens is 4. The normalized spacial score (nSPS) is 20.1. The van der Waals surface area contributed by atoms with Gasteiger partial charge in [-0.05, 0) is 44.0 Å². The molecule has 10 heteroatoms. The second kappa shape index (κ2) is 8.65. The molecule has 0 unspecified atom stereocenters. The zero-order valence-electron chi connectivity index (χ0n) is 20.8. The van der Waals surface area contributed by atoms with Gasteiger partial charge in [0.05, 0.1) is 29.1 Å². The van der Waals surface area contributed by atoms with E-state index in [-0.39, 0.29) is 39.7 Å². The van der Waals surface area contributed by atoms with Gasteiger partial charge in [0, 0.05) is 61.8 Å². The summed E-state index contributed by atoms with van der Waals surface area (Å²) < 4.78 is 39.4. The van der Waals surface area contributed by atoms with E-state index in [2.05, 4.69) is 10.00 Å². The molecule has 0 bridgehead atoms. The average Bonchev–Trinajstić information content (AvgIpc) is 3.61. The Bertz CT molecular complexity index is 1650. The van der Waals surface area contributed by atoms with E-state index in [4.69, 9.17) is 4.74 Å². The first-order valence-electron chi connectivity index (χ1n) is 12.3. The van der Waals surface area contributed by atoms with Crippen LogP contribution in [0, 0.1) is 11.6 Å². The lowest BCUT2D eigenvalue weighted by atomic mass is 9.97. The van der Waals surface area contributed by atoms with E-state index < -0.39 is 17.2 Å². The third-order valence-corrected chi connectivity index (χ3v) is 7.37. The summed E-state index contributed by atoms with van der Waals surface area (Å²) in [5.41, 5.74) is 1.11. The highest BCUT2D eigenvalue weighted by molar-refractivity contribution is 5.98. The molecule has 1 aliphatic heterocycles. The summed E-state index contributed by atoms with van der Waals surface area (Å²) in [6, 6.07) is 7.08. The molecule has 0 spiro atoms. The number of halogens is 2. The molecular formula is C27H27F2N5O3. The molecule has 2 aromatic carbocycles. The number of hydrogen-bond acceptors (Lipinski definition) is 5. The van der Waals surface area contributed by atoms with Crippen LogP contribution < -0.4 is 16.0 Å². The lowest BCUT2D eigenvalue weighted by Crippen LogP contribution is -2.43. The standard InChI is InChI=1S/C27H27F2N5O3/c1-15-12-33(14-24(37-15)16-11-30-34(13-16)18-5-6-18)19-9-21(20-7-4-17(28)8-23(20)29)25-22(10-19)26(35)31(2)32(3)27(25)36/h4,7-11,13,15,18,24H,5-6,12,14H2,1-3H3/t15-,24-/m1/s1. The highest BCUT2D eigenvalue weighted by Gasteiger charge is 2.31. The van der Waals surface area contributed by atoms with Gasteiger partial charge in [0.2, 0.25) is 0 Å². The summed E-state index contributed by atoms with van der Waals surface area (Å²) in [7, 11) is 3.00. The van der Waals surface area contributed by atoms with Crippen LogP contribution >= 0.6 is 0 Å². The van der Waals surface area contributed by atoms with Crippen molar-refractivity contribution in [3.05, 3.63) is 80.6 Å². The number of ether oxygens (including phenoxy) is 1. The van der Waals surface area contributed by atoms with E-state index in [1.165, 1.54) is 29.5 Å². The maximum atomic E-state index is 15.0. The minimum absolute atomic E-state index is 0.0576. The fourth-order valence-corrected chi connectivity index (χ4v) is 5.14. The SMILES string of the molecule is C[C@@H]1CN(c2cc(-c3ccc(F)cc3F)c3c(=O)n(C)n(C)c(=O)c3c2)C[C@H](c2cnn(C3CC3)c2)O1. The van der Waals surface area contributed by atoms with Crippen LogP contribution in [0.25, 0.3) is 21.9 Å². The molecule has 2 fully saturated rings. The maximum Gasteiger partial charge on any atom is 0.273 e. The molecule has 192 valence electrons. The maximum absolute atomic E-state index is 15.0. The first kappa shape index (κ1) is 23.6. The average molecular weight is 508 g/mol. The number of fused-ring (bicyclic) bond motifs is 1. The second-order valence-electron chi connectivity index (χ2n) is 10.0. The molecule has 4 aromatic rings. The van der Waals surface area contributed by atoms with Crippen molar-refractivity contribution < 1.29 is 13.5 Å².